The van der Waals surface area contributed by atoms with Crippen LogP contribution in [0.5, 0.6) is 0 Å². The largest absolute Gasteiger partial charge is 0.317 e. The van der Waals surface area contributed by atoms with Crippen LogP contribution in [0.1, 0.15) is 0 Å². The first-order chi connectivity index (χ1) is 11.1. The zero-order chi connectivity index (χ0) is 16.2. The van der Waals surface area contributed by atoms with E-state index in [0.717, 1.165) is 5.39 Å². The van der Waals surface area contributed by atoms with E-state index in [1.54, 1.807) is 36.5 Å². The molecule has 0 saturated carbocycles. The SMILES string of the molecule is O=C(Nc1ccccc1Br)C(=O)Nc1cccc2cccnc12. The van der Waals surface area contributed by atoms with Crippen molar-refractivity contribution < 1.29 is 9.59 Å². The van der Waals surface area contributed by atoms with Gasteiger partial charge in [-0.05, 0) is 40.2 Å². The van der Waals surface area contributed by atoms with Gasteiger partial charge in [0.1, 0.15) is 0 Å². The number of amides is 2. The van der Waals surface area contributed by atoms with Gasteiger partial charge >= 0.3 is 11.8 Å². The molecule has 0 spiro atoms. The fraction of sp³-hybridized carbons (Fsp3) is 0. The molecule has 0 fully saturated rings. The number of anilines is 2. The molecule has 1 aromatic heterocycles. The smallest absolute Gasteiger partial charge is 0.314 e. The van der Waals surface area contributed by atoms with Crippen LogP contribution in [0.15, 0.2) is 65.3 Å². The third-order valence-corrected chi connectivity index (χ3v) is 3.90. The average molecular weight is 370 g/mol. The van der Waals surface area contributed by atoms with Gasteiger partial charge < -0.3 is 10.6 Å². The Labute approximate surface area is 140 Å². The maximum Gasteiger partial charge on any atom is 0.314 e. The first kappa shape index (κ1) is 15.2. The van der Waals surface area contributed by atoms with Crippen molar-refractivity contribution in [3.05, 3.63) is 65.3 Å². The Morgan fingerprint density at radius 1 is 0.826 bits per heavy atom. The summed E-state index contributed by atoms with van der Waals surface area (Å²) in [5.41, 5.74) is 1.66. The molecule has 0 unspecified atom stereocenters. The highest BCUT2D eigenvalue weighted by Gasteiger charge is 2.16. The van der Waals surface area contributed by atoms with E-state index in [1.165, 1.54) is 0 Å². The van der Waals surface area contributed by atoms with Crippen molar-refractivity contribution in [2.45, 2.75) is 0 Å². The fourth-order valence-electron chi connectivity index (χ4n) is 2.13. The van der Waals surface area contributed by atoms with E-state index < -0.39 is 11.8 Å². The number of nitrogens with zero attached hydrogens (tertiary/aromatic N) is 1. The van der Waals surface area contributed by atoms with Crippen LogP contribution in [0, 0.1) is 0 Å². The highest BCUT2D eigenvalue weighted by Crippen LogP contribution is 2.22. The molecule has 0 aliphatic rings. The molecule has 0 aliphatic carbocycles. The minimum absolute atomic E-state index is 0.496. The number of fused-ring (bicyclic) bond motifs is 1. The average Bonchev–Trinajstić information content (AvgIpc) is 2.57. The highest BCUT2D eigenvalue weighted by molar-refractivity contribution is 9.10. The second kappa shape index (κ2) is 6.58. The van der Waals surface area contributed by atoms with Gasteiger partial charge in [0.05, 0.1) is 16.9 Å². The molecule has 2 amide bonds. The summed E-state index contributed by atoms with van der Waals surface area (Å²) in [7, 11) is 0. The summed E-state index contributed by atoms with van der Waals surface area (Å²) in [6.45, 7) is 0. The van der Waals surface area contributed by atoms with E-state index in [4.69, 9.17) is 0 Å². The lowest BCUT2D eigenvalue weighted by Gasteiger charge is -2.09. The molecule has 3 rings (SSSR count). The number of carbonyl (C=O) groups excluding carboxylic acids is 2. The van der Waals surface area contributed by atoms with Crippen molar-refractivity contribution >= 4 is 50.0 Å². The summed E-state index contributed by atoms with van der Waals surface area (Å²) in [6, 6.07) is 16.2. The number of aromatic nitrogens is 1. The molecule has 6 heteroatoms. The third kappa shape index (κ3) is 3.37. The number of benzene rings is 2. The van der Waals surface area contributed by atoms with Crippen molar-refractivity contribution in [1.29, 1.82) is 0 Å². The fourth-order valence-corrected chi connectivity index (χ4v) is 2.51. The van der Waals surface area contributed by atoms with Gasteiger partial charge in [0.2, 0.25) is 0 Å². The number of pyridine rings is 1. The van der Waals surface area contributed by atoms with Crippen molar-refractivity contribution in [3.63, 3.8) is 0 Å². The van der Waals surface area contributed by atoms with Crippen molar-refractivity contribution in [2.75, 3.05) is 10.6 Å². The first-order valence-electron chi connectivity index (χ1n) is 6.86. The monoisotopic (exact) mass is 369 g/mol. The third-order valence-electron chi connectivity index (χ3n) is 3.21. The number of hydrogen-bond donors (Lipinski definition) is 2. The van der Waals surface area contributed by atoms with Gasteiger partial charge in [-0.1, -0.05) is 30.3 Å². The second-order valence-electron chi connectivity index (χ2n) is 4.77. The van der Waals surface area contributed by atoms with E-state index in [0.29, 0.717) is 21.4 Å². The molecule has 2 aromatic carbocycles. The summed E-state index contributed by atoms with van der Waals surface area (Å²) < 4.78 is 0.702. The maximum absolute atomic E-state index is 12.1. The Balaban J connectivity index is 1.78. The molecular weight excluding hydrogens is 358 g/mol. The van der Waals surface area contributed by atoms with Gasteiger partial charge in [-0.25, -0.2) is 0 Å². The molecule has 0 radical (unpaired) electrons. The van der Waals surface area contributed by atoms with Crippen LogP contribution >= 0.6 is 15.9 Å². The van der Waals surface area contributed by atoms with Crippen LogP contribution in [-0.2, 0) is 9.59 Å². The number of para-hydroxylation sites is 2. The summed E-state index contributed by atoms with van der Waals surface area (Å²) in [5, 5.41) is 6.04. The summed E-state index contributed by atoms with van der Waals surface area (Å²) in [5.74, 6) is -1.50. The zero-order valence-electron chi connectivity index (χ0n) is 11.9. The van der Waals surface area contributed by atoms with Crippen LogP contribution < -0.4 is 10.6 Å². The number of rotatable bonds is 2. The number of nitrogens with one attached hydrogen (secondary N) is 2. The highest BCUT2D eigenvalue weighted by atomic mass is 79.9. The van der Waals surface area contributed by atoms with Crippen molar-refractivity contribution in [1.82, 2.24) is 4.98 Å². The maximum atomic E-state index is 12.1. The van der Waals surface area contributed by atoms with Gasteiger partial charge in [0.15, 0.2) is 0 Å². The predicted octanol–water partition coefficient (Wildman–Crippen LogP) is 3.57. The first-order valence-corrected chi connectivity index (χ1v) is 7.65. The Bertz CT molecular complexity index is 890. The molecule has 0 atom stereocenters. The van der Waals surface area contributed by atoms with E-state index >= 15 is 0 Å². The minimum Gasteiger partial charge on any atom is -0.317 e. The predicted molar refractivity (Wildman–Crippen MR) is 93.1 cm³/mol. The van der Waals surface area contributed by atoms with Gasteiger partial charge in [-0.15, -0.1) is 0 Å². The minimum atomic E-state index is -0.751. The lowest BCUT2D eigenvalue weighted by atomic mass is 10.2. The van der Waals surface area contributed by atoms with E-state index in [-0.39, 0.29) is 0 Å². The van der Waals surface area contributed by atoms with Gasteiger partial charge in [0, 0.05) is 16.1 Å². The van der Waals surface area contributed by atoms with Gasteiger partial charge in [-0.3, -0.25) is 14.6 Å². The number of hydrogen-bond acceptors (Lipinski definition) is 3. The lowest BCUT2D eigenvalue weighted by Crippen LogP contribution is -2.29. The number of carbonyl (C=O) groups is 2. The molecule has 3 aromatic rings. The quantitative estimate of drug-likeness (QED) is 0.678. The molecule has 0 aliphatic heterocycles. The van der Waals surface area contributed by atoms with Crippen molar-refractivity contribution in [2.24, 2.45) is 0 Å². The summed E-state index contributed by atoms with van der Waals surface area (Å²) in [4.78, 5) is 28.4. The lowest BCUT2D eigenvalue weighted by molar-refractivity contribution is -0.132. The van der Waals surface area contributed by atoms with Crippen LogP contribution in [0.3, 0.4) is 0 Å². The van der Waals surface area contributed by atoms with Crippen LogP contribution in [0.2, 0.25) is 0 Å². The van der Waals surface area contributed by atoms with Crippen LogP contribution in [0.4, 0.5) is 11.4 Å². The molecule has 0 saturated heterocycles. The van der Waals surface area contributed by atoms with E-state index in [9.17, 15) is 9.59 Å². The Morgan fingerprint density at radius 3 is 2.26 bits per heavy atom. The standard InChI is InChI=1S/C17H12BrN3O2/c18-12-7-1-2-8-13(12)20-16(22)17(23)21-14-9-3-5-11-6-4-10-19-15(11)14/h1-10H,(H,20,22)(H,21,23). The van der Waals surface area contributed by atoms with Gasteiger partial charge in [-0.2, -0.15) is 0 Å². The van der Waals surface area contributed by atoms with E-state index in [2.05, 4.69) is 31.5 Å². The normalized spacial score (nSPS) is 10.3. The summed E-state index contributed by atoms with van der Waals surface area (Å²) >= 11 is 3.32. The topological polar surface area (TPSA) is 71.1 Å². The van der Waals surface area contributed by atoms with Crippen molar-refractivity contribution in [3.8, 4) is 0 Å². The number of halogens is 1. The van der Waals surface area contributed by atoms with E-state index in [1.807, 2.05) is 24.3 Å². The molecule has 114 valence electrons. The summed E-state index contributed by atoms with van der Waals surface area (Å²) in [6.07, 6.45) is 1.64. The molecule has 1 heterocycles. The Kier molecular flexibility index (Phi) is 4.34. The van der Waals surface area contributed by atoms with Crippen LogP contribution in [-0.4, -0.2) is 16.8 Å². The Morgan fingerprint density at radius 2 is 1.48 bits per heavy atom. The zero-order valence-corrected chi connectivity index (χ0v) is 13.5. The molecule has 5 nitrogen and oxygen atoms in total. The van der Waals surface area contributed by atoms with Gasteiger partial charge in [0.25, 0.3) is 0 Å². The molecule has 0 bridgehead atoms. The molecule has 23 heavy (non-hydrogen) atoms. The Hall–Kier alpha value is -2.73. The van der Waals surface area contributed by atoms with Crippen LogP contribution in [0.25, 0.3) is 10.9 Å². The molecule has 2 N–H and O–H groups in total. The molecular formula is C17H12BrN3O2. The second-order valence-corrected chi connectivity index (χ2v) is 5.62.